The number of nitrogen functional groups attached to an aromatic ring is 1. The zero-order valence-corrected chi connectivity index (χ0v) is 15.9. The molecule has 27 heavy (non-hydrogen) atoms. The monoisotopic (exact) mass is 423 g/mol. The summed E-state index contributed by atoms with van der Waals surface area (Å²) in [5.74, 6) is 4.22. The van der Waals surface area contributed by atoms with Crippen LogP contribution in [0.15, 0.2) is 36.4 Å². The third kappa shape index (κ3) is 4.12. The molecule has 0 spiro atoms. The SMILES string of the molecule is NNC(=O)c1n[nH]nc1Cc1cc(Cl)c(C(=O)c2ccc(Cl)cc2)c(Cl)c1. The van der Waals surface area contributed by atoms with Crippen LogP contribution >= 0.6 is 34.8 Å². The van der Waals surface area contributed by atoms with Crippen LogP contribution in [0, 0.1) is 0 Å². The van der Waals surface area contributed by atoms with Gasteiger partial charge in [0.05, 0.1) is 21.3 Å². The first-order valence-electron chi connectivity index (χ1n) is 7.59. The van der Waals surface area contributed by atoms with E-state index < -0.39 is 5.91 Å². The van der Waals surface area contributed by atoms with E-state index in [-0.39, 0.29) is 33.5 Å². The quantitative estimate of drug-likeness (QED) is 0.252. The second kappa shape index (κ2) is 8.06. The number of nitrogens with zero attached hydrogens (tertiary/aromatic N) is 2. The molecule has 2 aromatic carbocycles. The number of carbonyl (C=O) groups excluding carboxylic acids is 2. The highest BCUT2D eigenvalue weighted by molar-refractivity contribution is 6.41. The first kappa shape index (κ1) is 19.3. The van der Waals surface area contributed by atoms with Gasteiger partial charge >= 0.3 is 0 Å². The normalized spacial score (nSPS) is 10.7. The van der Waals surface area contributed by atoms with Crippen LogP contribution in [0.1, 0.15) is 37.7 Å². The van der Waals surface area contributed by atoms with E-state index in [0.29, 0.717) is 21.8 Å². The maximum absolute atomic E-state index is 12.7. The summed E-state index contributed by atoms with van der Waals surface area (Å²) in [6.07, 6.45) is 0.216. The van der Waals surface area contributed by atoms with Crippen molar-refractivity contribution in [2.24, 2.45) is 5.84 Å². The molecular formula is C17H12Cl3N5O2. The maximum Gasteiger partial charge on any atom is 0.287 e. The molecule has 3 rings (SSSR count). The molecule has 0 saturated heterocycles. The van der Waals surface area contributed by atoms with Crippen LogP contribution in [0.25, 0.3) is 0 Å². The van der Waals surface area contributed by atoms with Crippen molar-refractivity contribution in [3.8, 4) is 0 Å². The van der Waals surface area contributed by atoms with E-state index >= 15 is 0 Å². The molecule has 0 bridgehead atoms. The first-order valence-corrected chi connectivity index (χ1v) is 8.73. The topological polar surface area (TPSA) is 114 Å². The van der Waals surface area contributed by atoms with Crippen LogP contribution in [0.4, 0.5) is 0 Å². The summed E-state index contributed by atoms with van der Waals surface area (Å²) < 4.78 is 0. The summed E-state index contributed by atoms with van der Waals surface area (Å²) in [5.41, 5.74) is 3.67. The van der Waals surface area contributed by atoms with Gasteiger partial charge in [-0.1, -0.05) is 34.8 Å². The van der Waals surface area contributed by atoms with Gasteiger partial charge in [-0.3, -0.25) is 15.0 Å². The van der Waals surface area contributed by atoms with Gasteiger partial charge in [-0.05, 0) is 42.0 Å². The summed E-state index contributed by atoms with van der Waals surface area (Å²) in [7, 11) is 0. The number of ketones is 1. The number of halogens is 3. The number of rotatable bonds is 5. The van der Waals surface area contributed by atoms with Crippen molar-refractivity contribution in [3.63, 3.8) is 0 Å². The molecule has 0 saturated carbocycles. The third-order valence-corrected chi connectivity index (χ3v) is 4.62. The third-order valence-electron chi connectivity index (χ3n) is 3.77. The van der Waals surface area contributed by atoms with Crippen LogP contribution in [0.3, 0.4) is 0 Å². The Labute approximate surface area is 168 Å². The second-order valence-electron chi connectivity index (χ2n) is 5.54. The highest BCUT2D eigenvalue weighted by Gasteiger charge is 2.20. The number of hydrogen-bond donors (Lipinski definition) is 3. The molecule has 0 aliphatic heterocycles. The maximum atomic E-state index is 12.7. The van der Waals surface area contributed by atoms with Crippen LogP contribution < -0.4 is 11.3 Å². The fourth-order valence-electron chi connectivity index (χ4n) is 2.51. The molecule has 0 aliphatic carbocycles. The molecule has 3 aromatic rings. The molecule has 0 radical (unpaired) electrons. The lowest BCUT2D eigenvalue weighted by Crippen LogP contribution is -2.31. The van der Waals surface area contributed by atoms with E-state index in [1.165, 1.54) is 0 Å². The summed E-state index contributed by atoms with van der Waals surface area (Å²) in [4.78, 5) is 24.4. The molecule has 138 valence electrons. The van der Waals surface area contributed by atoms with Gasteiger partial charge in [-0.2, -0.15) is 15.4 Å². The number of amides is 1. The minimum absolute atomic E-state index is 0.0612. The van der Waals surface area contributed by atoms with E-state index in [4.69, 9.17) is 40.6 Å². The van der Waals surface area contributed by atoms with Crippen molar-refractivity contribution < 1.29 is 9.59 Å². The number of nitrogens with two attached hydrogens (primary N) is 1. The van der Waals surface area contributed by atoms with Gasteiger partial charge < -0.3 is 0 Å². The van der Waals surface area contributed by atoms with Gasteiger partial charge in [-0.25, -0.2) is 5.84 Å². The lowest BCUT2D eigenvalue weighted by molar-refractivity contribution is 0.0947. The van der Waals surface area contributed by atoms with Crippen LogP contribution in [0.5, 0.6) is 0 Å². The van der Waals surface area contributed by atoms with Gasteiger partial charge in [0.2, 0.25) is 0 Å². The van der Waals surface area contributed by atoms with E-state index in [1.54, 1.807) is 36.4 Å². The summed E-state index contributed by atoms with van der Waals surface area (Å²) in [6, 6.07) is 9.60. The van der Waals surface area contributed by atoms with Crippen molar-refractivity contribution >= 4 is 46.5 Å². The Bertz CT molecular complexity index is 995. The zero-order valence-electron chi connectivity index (χ0n) is 13.6. The summed E-state index contributed by atoms with van der Waals surface area (Å²) in [5, 5.41) is 11.0. The highest BCUT2D eigenvalue weighted by Crippen LogP contribution is 2.30. The Morgan fingerprint density at radius 3 is 2.26 bits per heavy atom. The first-order chi connectivity index (χ1) is 12.9. The molecule has 1 aromatic heterocycles. The van der Waals surface area contributed by atoms with E-state index in [0.717, 1.165) is 0 Å². The van der Waals surface area contributed by atoms with Gasteiger partial charge in [0.25, 0.3) is 5.91 Å². The molecule has 0 unspecified atom stereocenters. The molecule has 10 heteroatoms. The molecule has 1 heterocycles. The van der Waals surface area contributed by atoms with Gasteiger partial charge in [-0.15, -0.1) is 0 Å². The Morgan fingerprint density at radius 1 is 1.04 bits per heavy atom. The number of nitrogens with one attached hydrogen (secondary N) is 2. The number of aromatic amines is 1. The van der Waals surface area contributed by atoms with Gasteiger partial charge in [0, 0.05) is 17.0 Å². The zero-order chi connectivity index (χ0) is 19.6. The van der Waals surface area contributed by atoms with Crippen LogP contribution in [-0.4, -0.2) is 27.1 Å². The van der Waals surface area contributed by atoms with Crippen LogP contribution in [-0.2, 0) is 6.42 Å². The summed E-state index contributed by atoms with van der Waals surface area (Å²) in [6.45, 7) is 0. The second-order valence-corrected chi connectivity index (χ2v) is 6.79. The van der Waals surface area contributed by atoms with Crippen molar-refractivity contribution in [3.05, 3.63) is 79.5 Å². The summed E-state index contributed by atoms with van der Waals surface area (Å²) >= 11 is 18.5. The Balaban J connectivity index is 1.91. The number of H-pyrrole nitrogens is 1. The molecule has 0 atom stereocenters. The number of hydrazine groups is 1. The number of hydrogen-bond acceptors (Lipinski definition) is 5. The van der Waals surface area contributed by atoms with Crippen molar-refractivity contribution in [2.45, 2.75) is 6.42 Å². The van der Waals surface area contributed by atoms with Gasteiger partial charge in [0.1, 0.15) is 0 Å². The molecule has 0 aliphatic rings. The van der Waals surface area contributed by atoms with Crippen LogP contribution in [0.2, 0.25) is 15.1 Å². The highest BCUT2D eigenvalue weighted by atomic mass is 35.5. The lowest BCUT2D eigenvalue weighted by atomic mass is 10.00. The molecule has 7 nitrogen and oxygen atoms in total. The molecule has 0 fully saturated rings. The predicted molar refractivity (Wildman–Crippen MR) is 102 cm³/mol. The number of carbonyl (C=O) groups is 2. The smallest absolute Gasteiger partial charge is 0.287 e. The minimum atomic E-state index is -0.578. The largest absolute Gasteiger partial charge is 0.289 e. The van der Waals surface area contributed by atoms with Crippen molar-refractivity contribution in [2.75, 3.05) is 0 Å². The van der Waals surface area contributed by atoms with E-state index in [9.17, 15) is 9.59 Å². The Morgan fingerprint density at radius 2 is 1.67 bits per heavy atom. The van der Waals surface area contributed by atoms with E-state index in [2.05, 4.69) is 15.4 Å². The van der Waals surface area contributed by atoms with Gasteiger partial charge in [0.15, 0.2) is 11.5 Å². The fraction of sp³-hybridized carbons (Fsp3) is 0.0588. The molecular weight excluding hydrogens is 413 g/mol. The van der Waals surface area contributed by atoms with Crippen molar-refractivity contribution in [1.29, 1.82) is 0 Å². The van der Waals surface area contributed by atoms with Crippen molar-refractivity contribution in [1.82, 2.24) is 20.8 Å². The average molecular weight is 425 g/mol. The fourth-order valence-corrected chi connectivity index (χ4v) is 3.34. The van der Waals surface area contributed by atoms with E-state index in [1.807, 2.05) is 5.43 Å². The predicted octanol–water partition coefficient (Wildman–Crippen LogP) is 3.19. The minimum Gasteiger partial charge on any atom is -0.289 e. The average Bonchev–Trinajstić information content (AvgIpc) is 3.09. The lowest BCUT2D eigenvalue weighted by Gasteiger charge is -2.09. The standard InChI is InChI=1S/C17H12Cl3N5O2/c18-10-3-1-9(2-4-10)16(26)14-11(19)5-8(6-12(14)20)7-13-15(17(27)22-21)24-25-23-13/h1-6H,7,21H2,(H,22,27)(H,23,24,25). The Kier molecular flexibility index (Phi) is 5.76. The Hall–Kier alpha value is -2.45. The molecule has 4 N–H and O–H groups in total. The number of aromatic nitrogens is 3. The molecule has 1 amide bonds. The number of benzene rings is 2.